The molecule has 16 nitrogen and oxygen atoms in total. The Balaban J connectivity index is 2.26. The molecule has 0 aromatic rings. The molecule has 37 heavy (non-hydrogen) atoms. The molecule has 2 fully saturated rings. The van der Waals surface area contributed by atoms with Crippen LogP contribution in [0.2, 0.25) is 0 Å². The van der Waals surface area contributed by atoms with E-state index >= 15 is 0 Å². The summed E-state index contributed by atoms with van der Waals surface area (Å²) in [5, 5.41) is 91.7. The minimum Gasteiger partial charge on any atom is -0.477 e. The minimum absolute atomic E-state index is 0.0727. The van der Waals surface area contributed by atoms with E-state index in [0.29, 0.717) is 0 Å². The molecule has 16 heteroatoms. The Morgan fingerprint density at radius 1 is 1.14 bits per heavy atom. The molecule has 0 unspecified atom stereocenters. The molecular formula is C21H33NO15. The molecule has 0 saturated carbocycles. The molecule has 10 N–H and O–H groups in total. The van der Waals surface area contributed by atoms with Crippen LogP contribution in [0.3, 0.4) is 0 Å². The average molecular weight is 539 g/mol. The van der Waals surface area contributed by atoms with Crippen LogP contribution in [0.15, 0.2) is 0 Å². The average Bonchev–Trinajstić information content (AvgIpc) is 2.88. The summed E-state index contributed by atoms with van der Waals surface area (Å²) in [5.74, 6) is -3.29. The van der Waals surface area contributed by atoms with Crippen molar-refractivity contribution in [2.24, 2.45) is 0 Å². The fraction of sp³-hybridized carbons (Fsp3) is 0.810. The van der Waals surface area contributed by atoms with Gasteiger partial charge in [0.05, 0.1) is 32.0 Å². The molecule has 2 heterocycles. The number of carbonyl (C=O) groups excluding carboxylic acids is 1. The predicted octanol–water partition coefficient (Wildman–Crippen LogP) is -6.03. The van der Waals surface area contributed by atoms with Gasteiger partial charge in [-0.3, -0.25) is 4.79 Å². The summed E-state index contributed by atoms with van der Waals surface area (Å²) in [6.07, 6.45) is -11.4. The molecule has 0 aromatic carbocycles. The first-order valence-corrected chi connectivity index (χ1v) is 11.3. The van der Waals surface area contributed by atoms with E-state index in [9.17, 15) is 50.4 Å². The van der Waals surface area contributed by atoms with Crippen LogP contribution in [0.5, 0.6) is 0 Å². The maximum absolute atomic E-state index is 12.2. The number of hydrogen-bond donors (Lipinski definition) is 10. The van der Waals surface area contributed by atoms with Gasteiger partial charge in [0.15, 0.2) is 6.29 Å². The van der Waals surface area contributed by atoms with Gasteiger partial charge in [-0.15, -0.1) is 12.3 Å². The first-order chi connectivity index (χ1) is 17.4. The Morgan fingerprint density at radius 3 is 2.38 bits per heavy atom. The van der Waals surface area contributed by atoms with E-state index in [1.54, 1.807) is 0 Å². The van der Waals surface area contributed by atoms with Gasteiger partial charge in [-0.1, -0.05) is 0 Å². The molecule has 2 aliphatic heterocycles. The lowest BCUT2D eigenvalue weighted by molar-refractivity contribution is -0.338. The van der Waals surface area contributed by atoms with Gasteiger partial charge in [0, 0.05) is 12.8 Å². The van der Waals surface area contributed by atoms with Crippen LogP contribution in [0.4, 0.5) is 0 Å². The third kappa shape index (κ3) is 7.32. The van der Waals surface area contributed by atoms with Gasteiger partial charge in [0.25, 0.3) is 5.79 Å². The van der Waals surface area contributed by atoms with Crippen LogP contribution in [0, 0.1) is 12.3 Å². The van der Waals surface area contributed by atoms with Crippen LogP contribution in [-0.2, 0) is 28.5 Å². The van der Waals surface area contributed by atoms with Crippen molar-refractivity contribution in [2.75, 3.05) is 26.4 Å². The van der Waals surface area contributed by atoms with Crippen LogP contribution >= 0.6 is 0 Å². The topological polar surface area (TPSA) is 265 Å². The van der Waals surface area contributed by atoms with Crippen molar-refractivity contribution in [1.29, 1.82) is 0 Å². The molecule has 2 rings (SSSR count). The van der Waals surface area contributed by atoms with E-state index in [2.05, 4.69) is 11.2 Å². The lowest BCUT2D eigenvalue weighted by Crippen LogP contribution is -2.68. The number of carbonyl (C=O) groups is 2. The molecule has 212 valence electrons. The molecule has 0 radical (unpaired) electrons. The van der Waals surface area contributed by atoms with Gasteiger partial charge in [-0.05, 0) is 0 Å². The normalized spacial score (nSPS) is 37.8. The second-order valence-corrected chi connectivity index (χ2v) is 8.55. The van der Waals surface area contributed by atoms with E-state index in [1.165, 1.54) is 0 Å². The van der Waals surface area contributed by atoms with Gasteiger partial charge < -0.3 is 70.2 Å². The van der Waals surface area contributed by atoms with E-state index < -0.39 is 105 Å². The zero-order valence-electron chi connectivity index (χ0n) is 19.6. The third-order valence-corrected chi connectivity index (χ3v) is 5.97. The summed E-state index contributed by atoms with van der Waals surface area (Å²) in [7, 11) is 0. The standard InChI is InChI=1S/C21H33NO15/c1-2-3-4-34-19-17(31)16(30)15(29)11(36-19)8-35-21(20(32)33)5-9(25)13(22-12(27)7-24)18(37-21)14(28)10(26)6-23/h1,9-11,13-19,23-26,28-31H,3-8H2,(H,22,27)(H,32,33)/t9-,10+,11+,13+,14+,15-,16-,17+,18+,19+,21+/m0/s1. The number of carboxylic acids is 1. The Kier molecular flexibility index (Phi) is 11.6. The SMILES string of the molecule is C#CCCO[C@@H]1O[C@H](CO[C@]2(C(=O)O)C[C@H](O)[C@@H](NC(=O)CO)[C@H]([C@H](O)[C@H](O)CO)O2)[C@H](O)[C@H](O)[C@H]1O. The van der Waals surface area contributed by atoms with Gasteiger partial charge in [0.2, 0.25) is 5.91 Å². The number of amides is 1. The number of aliphatic hydroxyl groups excluding tert-OH is 8. The fourth-order valence-electron chi connectivity index (χ4n) is 3.92. The molecule has 2 aliphatic rings. The minimum atomic E-state index is -2.75. The van der Waals surface area contributed by atoms with Crippen molar-refractivity contribution < 1.29 is 74.5 Å². The first-order valence-electron chi connectivity index (χ1n) is 11.3. The number of hydrogen-bond acceptors (Lipinski definition) is 14. The Morgan fingerprint density at radius 2 is 1.81 bits per heavy atom. The fourth-order valence-corrected chi connectivity index (χ4v) is 3.92. The molecular weight excluding hydrogens is 506 g/mol. The van der Waals surface area contributed by atoms with Crippen molar-refractivity contribution in [1.82, 2.24) is 5.32 Å². The highest BCUT2D eigenvalue weighted by molar-refractivity contribution is 5.78. The lowest BCUT2D eigenvalue weighted by Gasteiger charge is -2.47. The molecule has 11 atom stereocenters. The van der Waals surface area contributed by atoms with E-state index in [4.69, 9.17) is 30.5 Å². The lowest BCUT2D eigenvalue weighted by atomic mass is 9.88. The van der Waals surface area contributed by atoms with Crippen molar-refractivity contribution in [3.05, 3.63) is 0 Å². The number of aliphatic hydroxyl groups is 8. The predicted molar refractivity (Wildman–Crippen MR) is 116 cm³/mol. The number of aliphatic carboxylic acids is 1. The van der Waals surface area contributed by atoms with Gasteiger partial charge in [0.1, 0.15) is 49.3 Å². The Labute approximate surface area is 211 Å². The highest BCUT2D eigenvalue weighted by atomic mass is 16.7. The van der Waals surface area contributed by atoms with Gasteiger partial charge >= 0.3 is 5.97 Å². The largest absolute Gasteiger partial charge is 0.477 e. The monoisotopic (exact) mass is 539 g/mol. The van der Waals surface area contributed by atoms with Crippen LogP contribution in [-0.4, -0.2) is 151 Å². The number of ether oxygens (including phenoxy) is 4. The summed E-state index contributed by atoms with van der Waals surface area (Å²) in [5.41, 5.74) is 0. The molecule has 0 spiro atoms. The third-order valence-electron chi connectivity index (χ3n) is 5.97. The molecule has 0 aliphatic carbocycles. The molecule has 1 amide bonds. The summed E-state index contributed by atoms with van der Waals surface area (Å²) < 4.78 is 21.4. The highest BCUT2D eigenvalue weighted by Crippen LogP contribution is 2.34. The number of terminal acetylenes is 1. The van der Waals surface area contributed by atoms with E-state index in [-0.39, 0.29) is 13.0 Å². The van der Waals surface area contributed by atoms with Crippen molar-refractivity contribution >= 4 is 11.9 Å². The molecule has 0 bridgehead atoms. The number of carboxylic acid groups (broad SMARTS) is 1. The second-order valence-electron chi connectivity index (χ2n) is 8.55. The highest BCUT2D eigenvalue weighted by Gasteiger charge is 2.56. The van der Waals surface area contributed by atoms with Crippen LogP contribution in [0.1, 0.15) is 12.8 Å². The molecule has 0 aromatic heterocycles. The maximum atomic E-state index is 12.2. The summed E-state index contributed by atoms with van der Waals surface area (Å²) in [6.45, 7) is -2.90. The smallest absolute Gasteiger partial charge is 0.364 e. The number of rotatable bonds is 12. The van der Waals surface area contributed by atoms with Gasteiger partial charge in [-0.25, -0.2) is 4.79 Å². The second kappa shape index (κ2) is 13.7. The first kappa shape index (κ1) is 31.2. The van der Waals surface area contributed by atoms with Crippen LogP contribution < -0.4 is 5.32 Å². The van der Waals surface area contributed by atoms with Crippen molar-refractivity contribution in [3.8, 4) is 12.3 Å². The Bertz CT molecular complexity index is 807. The van der Waals surface area contributed by atoms with Crippen molar-refractivity contribution in [3.63, 3.8) is 0 Å². The Hall–Kier alpha value is -1.98. The quantitative estimate of drug-likeness (QED) is 0.0817. The van der Waals surface area contributed by atoms with E-state index in [1.807, 2.05) is 0 Å². The molecule has 2 saturated heterocycles. The zero-order valence-corrected chi connectivity index (χ0v) is 19.6. The maximum Gasteiger partial charge on any atom is 0.364 e. The van der Waals surface area contributed by atoms with Gasteiger partial charge in [-0.2, -0.15) is 0 Å². The number of nitrogens with one attached hydrogen (secondary N) is 1. The summed E-state index contributed by atoms with van der Waals surface area (Å²) >= 11 is 0. The summed E-state index contributed by atoms with van der Waals surface area (Å²) in [6, 6.07) is -1.55. The van der Waals surface area contributed by atoms with Crippen LogP contribution in [0.25, 0.3) is 0 Å². The van der Waals surface area contributed by atoms with Crippen molar-refractivity contribution in [2.45, 2.75) is 79.8 Å². The van der Waals surface area contributed by atoms with E-state index in [0.717, 1.165) is 0 Å². The zero-order chi connectivity index (χ0) is 27.9. The summed E-state index contributed by atoms with van der Waals surface area (Å²) in [4.78, 5) is 23.9.